The first kappa shape index (κ1) is 15.9. The molecule has 7 nitrogen and oxygen atoms in total. The van der Waals surface area contributed by atoms with Crippen LogP contribution in [0.25, 0.3) is 0 Å². The Bertz CT molecular complexity index is 957. The second-order valence-corrected chi connectivity index (χ2v) is 5.76. The number of benzene rings is 2. The molecule has 1 amide bonds. The number of ether oxygens (including phenoxy) is 2. The molecule has 0 aliphatic carbocycles. The maximum absolute atomic E-state index is 12.3. The van der Waals surface area contributed by atoms with Crippen LogP contribution < -0.4 is 20.1 Å². The van der Waals surface area contributed by atoms with Gasteiger partial charge in [0.1, 0.15) is 0 Å². The molecule has 4 rings (SSSR count). The van der Waals surface area contributed by atoms with Crippen LogP contribution in [-0.4, -0.2) is 22.7 Å². The summed E-state index contributed by atoms with van der Waals surface area (Å²) in [4.78, 5) is 20.7. The average Bonchev–Trinajstić information content (AvgIpc) is 3.12. The first-order valence-corrected chi connectivity index (χ1v) is 8.05. The number of hydrogen-bond donors (Lipinski definition) is 2. The maximum atomic E-state index is 12.3. The van der Waals surface area contributed by atoms with Crippen molar-refractivity contribution in [1.82, 2.24) is 9.97 Å². The minimum Gasteiger partial charge on any atom is -0.454 e. The quantitative estimate of drug-likeness (QED) is 0.750. The van der Waals surface area contributed by atoms with Crippen molar-refractivity contribution in [2.24, 2.45) is 0 Å². The van der Waals surface area contributed by atoms with Crippen LogP contribution in [0.2, 0.25) is 0 Å². The van der Waals surface area contributed by atoms with E-state index in [1.165, 1.54) is 12.4 Å². The van der Waals surface area contributed by atoms with Gasteiger partial charge in [-0.1, -0.05) is 18.2 Å². The molecule has 130 valence electrons. The molecule has 0 spiro atoms. The highest BCUT2D eigenvalue weighted by atomic mass is 16.7. The molecule has 0 atom stereocenters. The van der Waals surface area contributed by atoms with E-state index in [-0.39, 0.29) is 12.7 Å². The number of aryl methyl sites for hydroxylation is 1. The second kappa shape index (κ2) is 6.72. The van der Waals surface area contributed by atoms with Gasteiger partial charge in [0.05, 0.1) is 5.56 Å². The predicted molar refractivity (Wildman–Crippen MR) is 97.0 cm³/mol. The highest BCUT2D eigenvalue weighted by Gasteiger charge is 2.14. The van der Waals surface area contributed by atoms with Crippen LogP contribution in [0.1, 0.15) is 15.9 Å². The third kappa shape index (κ3) is 3.27. The molecule has 2 N–H and O–H groups in total. The van der Waals surface area contributed by atoms with Gasteiger partial charge >= 0.3 is 0 Å². The van der Waals surface area contributed by atoms with Gasteiger partial charge in [-0.15, -0.1) is 0 Å². The molecule has 3 aromatic rings. The summed E-state index contributed by atoms with van der Waals surface area (Å²) in [6, 6.07) is 13.0. The van der Waals surface area contributed by atoms with Crippen molar-refractivity contribution in [2.45, 2.75) is 6.92 Å². The number of carbonyl (C=O) groups is 1. The Balaban J connectivity index is 1.45. The third-order valence-corrected chi connectivity index (χ3v) is 3.94. The van der Waals surface area contributed by atoms with Gasteiger partial charge in [0, 0.05) is 29.8 Å². The average molecular weight is 348 g/mol. The fraction of sp³-hybridized carbons (Fsp3) is 0.105. The maximum Gasteiger partial charge on any atom is 0.258 e. The first-order valence-electron chi connectivity index (χ1n) is 8.05. The normalized spacial score (nSPS) is 11.9. The number of nitrogens with zero attached hydrogens (tertiary/aromatic N) is 2. The number of amides is 1. The van der Waals surface area contributed by atoms with Crippen molar-refractivity contribution in [3.8, 4) is 11.5 Å². The Morgan fingerprint density at radius 3 is 2.62 bits per heavy atom. The van der Waals surface area contributed by atoms with E-state index in [0.717, 1.165) is 16.9 Å². The molecule has 0 saturated carbocycles. The molecule has 0 unspecified atom stereocenters. The molecule has 2 aromatic carbocycles. The summed E-state index contributed by atoms with van der Waals surface area (Å²) in [5.74, 6) is 1.51. The summed E-state index contributed by atoms with van der Waals surface area (Å²) in [5, 5.41) is 5.92. The summed E-state index contributed by atoms with van der Waals surface area (Å²) in [6.07, 6.45) is 2.96. The van der Waals surface area contributed by atoms with E-state index in [0.29, 0.717) is 23.0 Å². The largest absolute Gasteiger partial charge is 0.454 e. The number of nitrogens with one attached hydrogen (secondary N) is 2. The van der Waals surface area contributed by atoms with Crippen LogP contribution in [0, 0.1) is 6.92 Å². The number of carbonyl (C=O) groups excluding carboxylic acids is 1. The van der Waals surface area contributed by atoms with Crippen LogP contribution in [0.15, 0.2) is 54.9 Å². The Hall–Kier alpha value is -3.61. The Kier molecular flexibility index (Phi) is 4.10. The highest BCUT2D eigenvalue weighted by molar-refractivity contribution is 6.04. The van der Waals surface area contributed by atoms with Gasteiger partial charge in [-0.25, -0.2) is 9.97 Å². The van der Waals surface area contributed by atoms with Crippen molar-refractivity contribution in [3.63, 3.8) is 0 Å². The Labute approximate surface area is 150 Å². The molecule has 1 aliphatic heterocycles. The molecule has 2 heterocycles. The summed E-state index contributed by atoms with van der Waals surface area (Å²) in [6.45, 7) is 2.16. The fourth-order valence-electron chi connectivity index (χ4n) is 2.52. The molecule has 0 saturated heterocycles. The summed E-state index contributed by atoms with van der Waals surface area (Å²) < 4.78 is 10.6. The SMILES string of the molecule is Cc1ccccc1NC(=O)c1cnc(Nc2ccc3c(c2)OCO3)nc1. The van der Waals surface area contributed by atoms with E-state index in [1.54, 1.807) is 0 Å². The van der Waals surface area contributed by atoms with E-state index in [9.17, 15) is 4.79 Å². The number of fused-ring (bicyclic) bond motifs is 1. The van der Waals surface area contributed by atoms with Gasteiger partial charge in [0.15, 0.2) is 11.5 Å². The lowest BCUT2D eigenvalue weighted by molar-refractivity contribution is 0.102. The van der Waals surface area contributed by atoms with E-state index in [4.69, 9.17) is 9.47 Å². The molecule has 1 aromatic heterocycles. The van der Waals surface area contributed by atoms with Gasteiger partial charge in [0.2, 0.25) is 12.7 Å². The first-order chi connectivity index (χ1) is 12.7. The zero-order chi connectivity index (χ0) is 17.9. The standard InChI is InChI=1S/C19H16N4O3/c1-12-4-2-3-5-15(12)23-18(24)13-9-20-19(21-10-13)22-14-6-7-16-17(8-14)26-11-25-16/h2-10H,11H2,1H3,(H,23,24)(H,20,21,22). The summed E-state index contributed by atoms with van der Waals surface area (Å²) in [7, 11) is 0. The van der Waals surface area contributed by atoms with Gasteiger partial charge < -0.3 is 20.1 Å². The van der Waals surface area contributed by atoms with Crippen LogP contribution in [0.3, 0.4) is 0 Å². The molecule has 7 heteroatoms. The zero-order valence-electron chi connectivity index (χ0n) is 14.0. The fourth-order valence-corrected chi connectivity index (χ4v) is 2.52. The Morgan fingerprint density at radius 1 is 1.04 bits per heavy atom. The lowest BCUT2D eigenvalue weighted by atomic mass is 10.2. The van der Waals surface area contributed by atoms with Crippen molar-refractivity contribution in [2.75, 3.05) is 17.4 Å². The lowest BCUT2D eigenvalue weighted by Crippen LogP contribution is -2.13. The second-order valence-electron chi connectivity index (χ2n) is 5.76. The van der Waals surface area contributed by atoms with Crippen molar-refractivity contribution >= 4 is 23.2 Å². The van der Waals surface area contributed by atoms with E-state index in [2.05, 4.69) is 20.6 Å². The molecular weight excluding hydrogens is 332 g/mol. The summed E-state index contributed by atoms with van der Waals surface area (Å²) in [5.41, 5.74) is 2.90. The van der Waals surface area contributed by atoms with Crippen molar-refractivity contribution < 1.29 is 14.3 Å². The van der Waals surface area contributed by atoms with E-state index < -0.39 is 0 Å². The number of hydrogen-bond acceptors (Lipinski definition) is 6. The number of aromatic nitrogens is 2. The van der Waals surface area contributed by atoms with Crippen LogP contribution in [-0.2, 0) is 0 Å². The lowest BCUT2D eigenvalue weighted by Gasteiger charge is -2.09. The van der Waals surface area contributed by atoms with Crippen LogP contribution in [0.5, 0.6) is 11.5 Å². The zero-order valence-corrected chi connectivity index (χ0v) is 14.0. The number of para-hydroxylation sites is 1. The van der Waals surface area contributed by atoms with Gasteiger partial charge in [-0.05, 0) is 30.7 Å². The molecule has 0 bridgehead atoms. The Morgan fingerprint density at radius 2 is 1.81 bits per heavy atom. The van der Waals surface area contributed by atoms with Gasteiger partial charge in [-0.3, -0.25) is 4.79 Å². The van der Waals surface area contributed by atoms with Crippen molar-refractivity contribution in [1.29, 1.82) is 0 Å². The molecule has 0 fully saturated rings. The smallest absolute Gasteiger partial charge is 0.258 e. The summed E-state index contributed by atoms with van der Waals surface area (Å²) >= 11 is 0. The monoisotopic (exact) mass is 348 g/mol. The third-order valence-electron chi connectivity index (χ3n) is 3.94. The molecule has 1 aliphatic rings. The molecule has 0 radical (unpaired) electrons. The number of rotatable bonds is 4. The van der Waals surface area contributed by atoms with E-state index in [1.807, 2.05) is 49.4 Å². The minimum absolute atomic E-state index is 0.222. The van der Waals surface area contributed by atoms with Crippen LogP contribution >= 0.6 is 0 Å². The number of anilines is 3. The van der Waals surface area contributed by atoms with Crippen LogP contribution in [0.4, 0.5) is 17.3 Å². The van der Waals surface area contributed by atoms with Crippen molar-refractivity contribution in [3.05, 3.63) is 66.0 Å². The highest BCUT2D eigenvalue weighted by Crippen LogP contribution is 2.34. The van der Waals surface area contributed by atoms with Gasteiger partial charge in [-0.2, -0.15) is 0 Å². The van der Waals surface area contributed by atoms with E-state index >= 15 is 0 Å². The van der Waals surface area contributed by atoms with Gasteiger partial charge in [0.25, 0.3) is 5.91 Å². The topological polar surface area (TPSA) is 85.4 Å². The predicted octanol–water partition coefficient (Wildman–Crippen LogP) is 3.51. The minimum atomic E-state index is -0.256. The molecule has 26 heavy (non-hydrogen) atoms. The molecular formula is C19H16N4O3.